The van der Waals surface area contributed by atoms with Gasteiger partial charge in [0.05, 0.1) is 5.41 Å². The predicted octanol–water partition coefficient (Wildman–Crippen LogP) is 2.93. The Balaban J connectivity index is 1.95. The number of nitrogens with two attached hydrogens (primary N) is 1. The van der Waals surface area contributed by atoms with E-state index in [9.17, 15) is 4.79 Å². The van der Waals surface area contributed by atoms with Crippen LogP contribution in [-0.2, 0) is 4.79 Å². The van der Waals surface area contributed by atoms with Gasteiger partial charge in [-0.15, -0.1) is 0 Å². The Kier molecular flexibility index (Phi) is 5.79. The number of carbonyl (C=O) groups excluding carboxylic acids is 1. The minimum atomic E-state index is -0.281. The predicted molar refractivity (Wildman–Crippen MR) is 86.8 cm³/mol. The summed E-state index contributed by atoms with van der Waals surface area (Å²) in [6.45, 7) is 4.98. The zero-order valence-corrected chi connectivity index (χ0v) is 13.8. The molecule has 0 aromatic carbocycles. The molecule has 0 aromatic rings. The second kappa shape index (κ2) is 7.17. The van der Waals surface area contributed by atoms with Gasteiger partial charge >= 0.3 is 0 Å². The molecule has 4 heteroatoms. The first-order chi connectivity index (χ1) is 9.61. The van der Waals surface area contributed by atoms with E-state index in [1.165, 1.54) is 12.8 Å². The van der Waals surface area contributed by atoms with Crippen LogP contribution in [0.3, 0.4) is 0 Å². The Morgan fingerprint density at radius 2 is 2.00 bits per heavy atom. The zero-order chi connectivity index (χ0) is 14.6. The van der Waals surface area contributed by atoms with Crippen LogP contribution in [0.4, 0.5) is 0 Å². The molecule has 2 fully saturated rings. The van der Waals surface area contributed by atoms with Crippen LogP contribution in [0.1, 0.15) is 58.8 Å². The first-order valence-corrected chi connectivity index (χ1v) is 9.29. The summed E-state index contributed by atoms with van der Waals surface area (Å²) >= 11 is 2.00. The van der Waals surface area contributed by atoms with Gasteiger partial charge in [-0.3, -0.25) is 4.79 Å². The topological polar surface area (TPSA) is 55.1 Å². The highest BCUT2D eigenvalue weighted by atomic mass is 32.2. The molecule has 2 saturated carbocycles. The first kappa shape index (κ1) is 16.2. The van der Waals surface area contributed by atoms with Gasteiger partial charge in [0.25, 0.3) is 0 Å². The van der Waals surface area contributed by atoms with Crippen molar-refractivity contribution in [2.45, 2.75) is 70.1 Å². The van der Waals surface area contributed by atoms with Crippen molar-refractivity contribution in [2.75, 3.05) is 12.3 Å². The van der Waals surface area contributed by atoms with Gasteiger partial charge < -0.3 is 11.1 Å². The van der Waals surface area contributed by atoms with E-state index in [-0.39, 0.29) is 11.3 Å². The second-order valence-corrected chi connectivity index (χ2v) is 8.19. The number of rotatable bonds is 5. The number of carbonyl (C=O) groups is 1. The summed E-state index contributed by atoms with van der Waals surface area (Å²) in [6, 6.07) is 0.371. The summed E-state index contributed by atoms with van der Waals surface area (Å²) in [5.41, 5.74) is 5.70. The summed E-state index contributed by atoms with van der Waals surface area (Å²) in [4.78, 5) is 12.8. The van der Waals surface area contributed by atoms with Gasteiger partial charge in [0.2, 0.25) is 5.91 Å². The van der Waals surface area contributed by atoms with Crippen molar-refractivity contribution in [1.29, 1.82) is 0 Å². The summed E-state index contributed by atoms with van der Waals surface area (Å²) < 4.78 is 0. The monoisotopic (exact) mass is 298 g/mol. The average molecular weight is 298 g/mol. The van der Waals surface area contributed by atoms with E-state index in [0.29, 0.717) is 17.8 Å². The lowest BCUT2D eigenvalue weighted by molar-refractivity contribution is -0.133. The van der Waals surface area contributed by atoms with Gasteiger partial charge in [-0.1, -0.05) is 20.3 Å². The molecular weight excluding hydrogens is 268 g/mol. The highest BCUT2D eigenvalue weighted by Crippen LogP contribution is 2.39. The van der Waals surface area contributed by atoms with Crippen LogP contribution in [-0.4, -0.2) is 29.5 Å². The molecule has 3 N–H and O–H groups in total. The summed E-state index contributed by atoms with van der Waals surface area (Å²) in [7, 11) is 0. The molecule has 2 rings (SSSR count). The van der Waals surface area contributed by atoms with E-state index in [1.807, 2.05) is 11.8 Å². The Morgan fingerprint density at radius 3 is 2.60 bits per heavy atom. The minimum Gasteiger partial charge on any atom is -0.352 e. The van der Waals surface area contributed by atoms with Gasteiger partial charge in [0.15, 0.2) is 0 Å². The van der Waals surface area contributed by atoms with Crippen LogP contribution in [0, 0.1) is 11.3 Å². The van der Waals surface area contributed by atoms with E-state index in [2.05, 4.69) is 19.2 Å². The Morgan fingerprint density at radius 1 is 1.30 bits per heavy atom. The lowest BCUT2D eigenvalue weighted by Gasteiger charge is -2.38. The SMILES string of the molecule is CCSC1CCCC1NC(=O)C1(CN)CCC(C)CC1. The van der Waals surface area contributed by atoms with Crippen molar-refractivity contribution in [1.82, 2.24) is 5.32 Å². The number of amides is 1. The third kappa shape index (κ3) is 3.51. The van der Waals surface area contributed by atoms with Crippen molar-refractivity contribution in [2.24, 2.45) is 17.1 Å². The minimum absolute atomic E-state index is 0.237. The van der Waals surface area contributed by atoms with Gasteiger partial charge in [-0.05, 0) is 50.2 Å². The first-order valence-electron chi connectivity index (χ1n) is 8.24. The molecule has 0 heterocycles. The molecule has 0 aliphatic heterocycles. The largest absolute Gasteiger partial charge is 0.352 e. The third-order valence-electron chi connectivity index (χ3n) is 5.25. The fraction of sp³-hybridized carbons (Fsp3) is 0.938. The summed E-state index contributed by atoms with van der Waals surface area (Å²) in [5, 5.41) is 3.96. The second-order valence-electron chi connectivity index (χ2n) is 6.67. The maximum Gasteiger partial charge on any atom is 0.227 e. The molecule has 2 aliphatic carbocycles. The van der Waals surface area contributed by atoms with Crippen molar-refractivity contribution in [3.8, 4) is 0 Å². The average Bonchev–Trinajstić information content (AvgIpc) is 2.88. The summed E-state index contributed by atoms with van der Waals surface area (Å²) in [6.07, 6.45) is 7.85. The third-order valence-corrected chi connectivity index (χ3v) is 6.58. The molecule has 0 saturated heterocycles. The number of hydrogen-bond acceptors (Lipinski definition) is 3. The van der Waals surface area contributed by atoms with E-state index < -0.39 is 0 Å². The standard InChI is InChI=1S/C16H30N2OS/c1-3-20-14-6-4-5-13(14)18-15(19)16(11-17)9-7-12(2)8-10-16/h12-14H,3-11,17H2,1-2H3,(H,18,19). The van der Waals surface area contributed by atoms with Gasteiger partial charge in [0.1, 0.15) is 0 Å². The Bertz CT molecular complexity index is 326. The molecule has 116 valence electrons. The van der Waals surface area contributed by atoms with Crippen molar-refractivity contribution in [3.05, 3.63) is 0 Å². The van der Waals surface area contributed by atoms with Crippen molar-refractivity contribution < 1.29 is 4.79 Å². The normalized spacial score (nSPS) is 37.9. The van der Waals surface area contributed by atoms with Gasteiger partial charge in [-0.25, -0.2) is 0 Å². The molecule has 0 aromatic heterocycles. The van der Waals surface area contributed by atoms with E-state index in [0.717, 1.165) is 43.8 Å². The maximum atomic E-state index is 12.8. The van der Waals surface area contributed by atoms with Crippen LogP contribution in [0.25, 0.3) is 0 Å². The van der Waals surface area contributed by atoms with Gasteiger partial charge in [0, 0.05) is 17.8 Å². The maximum absolute atomic E-state index is 12.8. The molecule has 20 heavy (non-hydrogen) atoms. The lowest BCUT2D eigenvalue weighted by atomic mass is 9.70. The molecule has 1 amide bonds. The molecule has 3 nitrogen and oxygen atoms in total. The zero-order valence-electron chi connectivity index (χ0n) is 13.0. The van der Waals surface area contributed by atoms with Crippen LogP contribution < -0.4 is 11.1 Å². The molecular formula is C16H30N2OS. The molecule has 2 atom stereocenters. The van der Waals surface area contributed by atoms with Gasteiger partial charge in [-0.2, -0.15) is 11.8 Å². The van der Waals surface area contributed by atoms with E-state index >= 15 is 0 Å². The fourth-order valence-corrected chi connectivity index (χ4v) is 4.86. The quantitative estimate of drug-likeness (QED) is 0.820. The highest BCUT2D eigenvalue weighted by Gasteiger charge is 2.41. The molecule has 2 aliphatic rings. The molecule has 2 unspecified atom stereocenters. The Hall–Kier alpha value is -0.220. The molecule has 0 radical (unpaired) electrons. The molecule has 0 spiro atoms. The number of thioether (sulfide) groups is 1. The van der Waals surface area contributed by atoms with E-state index in [1.54, 1.807) is 0 Å². The fourth-order valence-electron chi connectivity index (χ4n) is 3.66. The molecule has 0 bridgehead atoms. The number of hydrogen-bond donors (Lipinski definition) is 2. The lowest BCUT2D eigenvalue weighted by Crippen LogP contribution is -2.52. The van der Waals surface area contributed by atoms with E-state index in [4.69, 9.17) is 5.73 Å². The van der Waals surface area contributed by atoms with Crippen LogP contribution in [0.5, 0.6) is 0 Å². The number of nitrogens with one attached hydrogen (secondary N) is 1. The van der Waals surface area contributed by atoms with Crippen molar-refractivity contribution >= 4 is 17.7 Å². The Labute approximate surface area is 127 Å². The highest BCUT2D eigenvalue weighted by molar-refractivity contribution is 7.99. The van der Waals surface area contributed by atoms with Crippen LogP contribution in [0.15, 0.2) is 0 Å². The van der Waals surface area contributed by atoms with Crippen LogP contribution in [0.2, 0.25) is 0 Å². The smallest absolute Gasteiger partial charge is 0.227 e. The van der Waals surface area contributed by atoms with Crippen LogP contribution >= 0.6 is 11.8 Å². The van der Waals surface area contributed by atoms with Crippen molar-refractivity contribution in [3.63, 3.8) is 0 Å². The summed E-state index contributed by atoms with van der Waals surface area (Å²) in [5.74, 6) is 2.12.